The lowest BCUT2D eigenvalue weighted by Gasteiger charge is -2.58. The van der Waals surface area contributed by atoms with Gasteiger partial charge in [-0.3, -0.25) is 4.79 Å². The molecule has 1 N–H and O–H groups in total. The van der Waals surface area contributed by atoms with Crippen molar-refractivity contribution in [3.05, 3.63) is 0 Å². The largest absolute Gasteiger partial charge is 0.480 e. The fraction of sp³-hybridized carbons (Fsp3) is 0.882. The first-order chi connectivity index (χ1) is 11.4. The zero-order chi connectivity index (χ0) is 17.1. The number of carboxylic acid groups (broad SMARTS) is 1. The molecule has 0 aromatic rings. The fourth-order valence-electron chi connectivity index (χ4n) is 5.10. The minimum absolute atomic E-state index is 0.0229. The number of fused-ring (bicyclic) bond motifs is 2. The van der Waals surface area contributed by atoms with Crippen molar-refractivity contribution in [1.82, 2.24) is 0 Å². The first kappa shape index (κ1) is 16.3. The molecule has 3 unspecified atom stereocenters. The highest BCUT2D eigenvalue weighted by Crippen LogP contribution is 2.59. The average molecular weight is 339 g/mol. The average Bonchev–Trinajstić information content (AvgIpc) is 2.76. The molecule has 1 aliphatic carbocycles. The van der Waals surface area contributed by atoms with E-state index in [1.807, 2.05) is 13.8 Å². The molecule has 5 fully saturated rings. The van der Waals surface area contributed by atoms with Crippen molar-refractivity contribution < 1.29 is 29.1 Å². The minimum atomic E-state index is -0.969. The maximum atomic E-state index is 10.9. The molecule has 7 nitrogen and oxygen atoms in total. The summed E-state index contributed by atoms with van der Waals surface area (Å²) in [4.78, 5) is 26.8. The molecule has 0 radical (unpaired) electrons. The van der Waals surface area contributed by atoms with E-state index in [4.69, 9.17) is 24.4 Å². The summed E-state index contributed by atoms with van der Waals surface area (Å²) in [7, 11) is 0. The van der Waals surface area contributed by atoms with E-state index in [1.165, 1.54) is 0 Å². The van der Waals surface area contributed by atoms with E-state index in [-0.39, 0.29) is 18.4 Å². The third-order valence-corrected chi connectivity index (χ3v) is 6.37. The Kier molecular flexibility index (Phi) is 3.67. The van der Waals surface area contributed by atoms with Gasteiger partial charge in [-0.05, 0) is 32.1 Å². The summed E-state index contributed by atoms with van der Waals surface area (Å²) in [6.07, 6.45) is 3.21. The van der Waals surface area contributed by atoms with Gasteiger partial charge in [0.05, 0.1) is 0 Å². The van der Waals surface area contributed by atoms with Crippen molar-refractivity contribution in [3.8, 4) is 0 Å². The highest BCUT2D eigenvalue weighted by atomic mass is 17.3. The molecule has 4 aliphatic heterocycles. The van der Waals surface area contributed by atoms with Crippen LogP contribution in [0, 0.1) is 23.7 Å². The van der Waals surface area contributed by atoms with Gasteiger partial charge < -0.3 is 14.6 Å². The van der Waals surface area contributed by atoms with Crippen LogP contribution in [0.1, 0.15) is 46.5 Å². The molecule has 134 valence electrons. The maximum absolute atomic E-state index is 10.9. The topological polar surface area (TPSA) is 86.6 Å². The first-order valence-corrected chi connectivity index (χ1v) is 8.83. The van der Waals surface area contributed by atoms with Crippen LogP contribution < -0.4 is 0 Å². The van der Waals surface area contributed by atoms with Gasteiger partial charge in [0, 0.05) is 24.2 Å². The zero-order valence-corrected chi connectivity index (χ0v) is 14.4. The van der Waals surface area contributed by atoms with Crippen LogP contribution >= 0.6 is 0 Å². The number of carbonyl (C=O) groups is 1. The normalized spacial score (nSPS) is 51.6. The second-order valence-corrected chi connectivity index (χ2v) is 7.86. The Balaban J connectivity index is 1.75. The third kappa shape index (κ3) is 2.21. The van der Waals surface area contributed by atoms with E-state index in [0.29, 0.717) is 17.7 Å². The van der Waals surface area contributed by atoms with Gasteiger partial charge in [0.2, 0.25) is 12.1 Å². The number of nitrogens with zero attached hydrogens (tertiary/aromatic N) is 1. The molecule has 1 saturated carbocycles. The van der Waals surface area contributed by atoms with Crippen molar-refractivity contribution in [3.63, 3.8) is 0 Å². The van der Waals surface area contributed by atoms with Gasteiger partial charge in [-0.2, -0.15) is 0 Å². The van der Waals surface area contributed by atoms with Crippen LogP contribution in [0.5, 0.6) is 0 Å². The summed E-state index contributed by atoms with van der Waals surface area (Å²) in [6, 6.07) is 0. The number of carboxylic acids is 1. The molecule has 0 aromatic heterocycles. The van der Waals surface area contributed by atoms with Crippen LogP contribution in [0.4, 0.5) is 0 Å². The molecular formula is C17H25NO6. The number of hydrogen-bond acceptors (Lipinski definition) is 6. The Morgan fingerprint density at radius 2 is 2.04 bits per heavy atom. The number of aliphatic imine (C=N–C) groups is 1. The monoisotopic (exact) mass is 339 g/mol. The van der Waals surface area contributed by atoms with Crippen LogP contribution in [0.25, 0.3) is 0 Å². The van der Waals surface area contributed by atoms with Crippen molar-refractivity contribution in [2.75, 3.05) is 6.54 Å². The van der Waals surface area contributed by atoms with Crippen LogP contribution in [-0.2, 0) is 24.0 Å². The van der Waals surface area contributed by atoms with E-state index >= 15 is 0 Å². The number of rotatable bonds is 2. The molecule has 7 atom stereocenters. The van der Waals surface area contributed by atoms with Gasteiger partial charge in [-0.1, -0.05) is 13.8 Å². The Labute approximate surface area is 141 Å². The lowest BCUT2D eigenvalue weighted by atomic mass is 9.58. The van der Waals surface area contributed by atoms with Gasteiger partial charge >= 0.3 is 5.97 Å². The molecule has 7 heteroatoms. The van der Waals surface area contributed by atoms with Crippen LogP contribution in [0.2, 0.25) is 0 Å². The summed E-state index contributed by atoms with van der Waals surface area (Å²) in [5.41, 5.74) is -0.630. The predicted molar refractivity (Wildman–Crippen MR) is 83.0 cm³/mol. The van der Waals surface area contributed by atoms with E-state index in [0.717, 1.165) is 25.7 Å². The summed E-state index contributed by atoms with van der Waals surface area (Å²) in [6.45, 7) is 5.87. The smallest absolute Gasteiger partial charge is 0.325 e. The molecule has 5 rings (SSSR count). The molecule has 24 heavy (non-hydrogen) atoms. The van der Waals surface area contributed by atoms with Crippen molar-refractivity contribution in [2.45, 2.75) is 64.1 Å². The maximum Gasteiger partial charge on any atom is 0.325 e. The second kappa shape index (κ2) is 5.41. The Morgan fingerprint density at radius 1 is 1.25 bits per heavy atom. The number of hydrogen-bond donors (Lipinski definition) is 1. The van der Waals surface area contributed by atoms with E-state index in [1.54, 1.807) is 0 Å². The van der Waals surface area contributed by atoms with Crippen LogP contribution in [0.3, 0.4) is 0 Å². The number of ether oxygens (including phenoxy) is 2. The molecule has 0 amide bonds. The van der Waals surface area contributed by atoms with Gasteiger partial charge in [0.25, 0.3) is 0 Å². The van der Waals surface area contributed by atoms with Gasteiger partial charge in [0.15, 0.2) is 11.5 Å². The Morgan fingerprint density at radius 3 is 2.79 bits per heavy atom. The fourth-order valence-corrected chi connectivity index (χ4v) is 5.10. The lowest BCUT2D eigenvalue weighted by Crippen LogP contribution is -2.69. The summed E-state index contributed by atoms with van der Waals surface area (Å²) in [5.74, 6) is -0.401. The second-order valence-electron chi connectivity index (χ2n) is 7.86. The lowest BCUT2D eigenvalue weighted by molar-refractivity contribution is -0.557. The molecule has 4 heterocycles. The highest BCUT2D eigenvalue weighted by molar-refractivity contribution is 5.82. The Hall–Kier alpha value is -1.18. The van der Waals surface area contributed by atoms with Crippen LogP contribution in [0.15, 0.2) is 4.99 Å². The Bertz CT molecular complexity index is 579. The van der Waals surface area contributed by atoms with E-state index in [9.17, 15) is 4.79 Å². The molecular weight excluding hydrogens is 314 g/mol. The van der Waals surface area contributed by atoms with Crippen molar-refractivity contribution >= 4 is 11.9 Å². The summed E-state index contributed by atoms with van der Waals surface area (Å²) < 4.78 is 12.2. The third-order valence-electron chi connectivity index (χ3n) is 6.37. The molecule has 1 spiro atoms. The van der Waals surface area contributed by atoms with Gasteiger partial charge in [0.1, 0.15) is 6.54 Å². The SMILES string of the molecule is C[C@@H]1CCC2[C@@H](C)/C(=N/CC(=O)O)O[C@@H]3O[C@]4(C)CCC1C23OO4. The minimum Gasteiger partial charge on any atom is -0.480 e. The molecule has 4 saturated heterocycles. The molecule has 5 aliphatic rings. The quantitative estimate of drug-likeness (QED) is 0.777. The number of aliphatic carboxylic acids is 1. The summed E-state index contributed by atoms with van der Waals surface area (Å²) >= 11 is 0. The van der Waals surface area contributed by atoms with E-state index < -0.39 is 23.6 Å². The first-order valence-electron chi connectivity index (χ1n) is 8.83. The standard InChI is InChI=1S/C17H25NO6/c1-9-4-5-12-10(2)14(18-8-13(19)20)21-15-17(12)11(9)6-7-16(3,22-15)23-24-17/h9-12,15H,4-8H2,1-3H3,(H,19,20)/b18-14-/t9-,10-,11?,12?,15-,16+,17?/m1/s1. The molecule has 2 bridgehead atoms. The summed E-state index contributed by atoms with van der Waals surface area (Å²) in [5, 5.41) is 8.93. The van der Waals surface area contributed by atoms with Crippen LogP contribution in [-0.4, -0.2) is 41.2 Å². The highest BCUT2D eigenvalue weighted by Gasteiger charge is 2.69. The van der Waals surface area contributed by atoms with Gasteiger partial charge in [-0.25, -0.2) is 14.8 Å². The van der Waals surface area contributed by atoms with Crippen molar-refractivity contribution in [2.24, 2.45) is 28.7 Å². The van der Waals surface area contributed by atoms with Crippen molar-refractivity contribution in [1.29, 1.82) is 0 Å². The molecule has 0 aromatic carbocycles. The zero-order valence-electron chi connectivity index (χ0n) is 14.4. The van der Waals surface area contributed by atoms with E-state index in [2.05, 4.69) is 11.9 Å². The van der Waals surface area contributed by atoms with Gasteiger partial charge in [-0.15, -0.1) is 0 Å². The predicted octanol–water partition coefficient (Wildman–Crippen LogP) is 2.35.